The van der Waals surface area contributed by atoms with Crippen LogP contribution in [0.1, 0.15) is 45.4 Å². The lowest BCUT2D eigenvalue weighted by molar-refractivity contribution is -0.207. The van der Waals surface area contributed by atoms with Gasteiger partial charge in [0.15, 0.2) is 5.78 Å². The number of nitrogens with zero attached hydrogens (tertiary/aromatic N) is 1. The zero-order valence-electron chi connectivity index (χ0n) is 14.0. The maximum absolute atomic E-state index is 13.2. The van der Waals surface area contributed by atoms with E-state index in [1.54, 1.807) is 0 Å². The fourth-order valence-corrected chi connectivity index (χ4v) is 6.10. The van der Waals surface area contributed by atoms with Crippen molar-refractivity contribution >= 4 is 11.8 Å². The van der Waals surface area contributed by atoms with E-state index in [1.165, 1.54) is 6.42 Å². The van der Waals surface area contributed by atoms with Crippen molar-refractivity contribution in [1.82, 2.24) is 4.90 Å². The molecule has 0 bridgehead atoms. The number of rotatable bonds is 2. The van der Waals surface area contributed by atoms with Crippen LogP contribution >= 0.6 is 0 Å². The van der Waals surface area contributed by atoms with Crippen LogP contribution in [0.25, 0.3) is 0 Å². The molecule has 4 rings (SSSR count). The summed E-state index contributed by atoms with van der Waals surface area (Å²) in [7, 11) is 0. The third-order valence-corrected chi connectivity index (χ3v) is 6.77. The number of hydrogen-bond donors (Lipinski definition) is 0. The van der Waals surface area contributed by atoms with Gasteiger partial charge in [-0.3, -0.25) is 14.5 Å². The SMILES string of the molecule is CCOC(=O)[C@H]1C(=O)[C@H]2COCN3CCC[C@@]4(CCCC[C@H]14)[C@H]23. The maximum atomic E-state index is 13.2. The molecule has 0 N–H and O–H groups in total. The van der Waals surface area contributed by atoms with Crippen molar-refractivity contribution in [1.29, 1.82) is 0 Å². The molecule has 0 aromatic rings. The highest BCUT2D eigenvalue weighted by molar-refractivity contribution is 6.02. The Kier molecular flexibility index (Phi) is 3.96. The van der Waals surface area contributed by atoms with Gasteiger partial charge in [0.25, 0.3) is 0 Å². The molecule has 4 aliphatic rings. The number of piperidine rings is 1. The number of carbonyl (C=O) groups excluding carboxylic acids is 2. The number of ether oxygens (including phenoxy) is 2. The first kappa shape index (κ1) is 15.6. The summed E-state index contributed by atoms with van der Waals surface area (Å²) in [5.41, 5.74) is 0.121. The Morgan fingerprint density at radius 3 is 3.00 bits per heavy atom. The summed E-state index contributed by atoms with van der Waals surface area (Å²) in [6.45, 7) is 4.31. The van der Waals surface area contributed by atoms with E-state index in [0.29, 0.717) is 19.9 Å². The Balaban J connectivity index is 1.76. The summed E-state index contributed by atoms with van der Waals surface area (Å²) in [6.07, 6.45) is 6.79. The van der Waals surface area contributed by atoms with Gasteiger partial charge in [0.2, 0.25) is 0 Å². The molecule has 2 aliphatic heterocycles. The van der Waals surface area contributed by atoms with E-state index in [2.05, 4.69) is 4.90 Å². The van der Waals surface area contributed by atoms with Crippen LogP contribution in [-0.4, -0.2) is 49.2 Å². The van der Waals surface area contributed by atoms with Crippen LogP contribution < -0.4 is 0 Å². The second kappa shape index (κ2) is 5.85. The summed E-state index contributed by atoms with van der Waals surface area (Å²) in [6, 6.07) is 0.286. The number of Topliss-reactive ketones (excluding diaryl/α,β-unsaturated/α-hetero) is 1. The molecule has 0 amide bonds. The van der Waals surface area contributed by atoms with Gasteiger partial charge >= 0.3 is 5.97 Å². The van der Waals surface area contributed by atoms with E-state index in [-0.39, 0.29) is 35.0 Å². The lowest BCUT2D eigenvalue weighted by Gasteiger charge is -2.63. The molecule has 4 fully saturated rings. The van der Waals surface area contributed by atoms with E-state index in [1.807, 2.05) is 6.92 Å². The van der Waals surface area contributed by atoms with Crippen molar-refractivity contribution in [3.05, 3.63) is 0 Å². The Labute approximate surface area is 137 Å². The van der Waals surface area contributed by atoms with Crippen LogP contribution in [-0.2, 0) is 19.1 Å². The van der Waals surface area contributed by atoms with Gasteiger partial charge in [-0.1, -0.05) is 12.8 Å². The number of ketones is 1. The smallest absolute Gasteiger partial charge is 0.316 e. The van der Waals surface area contributed by atoms with Gasteiger partial charge in [0.05, 0.1) is 25.9 Å². The minimum absolute atomic E-state index is 0.0857. The van der Waals surface area contributed by atoms with Crippen molar-refractivity contribution in [3.63, 3.8) is 0 Å². The molecule has 2 saturated heterocycles. The second-order valence-electron chi connectivity index (χ2n) is 7.68. The van der Waals surface area contributed by atoms with Crippen LogP contribution in [0.5, 0.6) is 0 Å². The first-order chi connectivity index (χ1) is 11.2. The lowest BCUT2D eigenvalue weighted by Crippen LogP contribution is -2.70. The molecule has 1 spiro atoms. The molecule has 5 heteroatoms. The van der Waals surface area contributed by atoms with Crippen molar-refractivity contribution < 1.29 is 19.1 Å². The first-order valence-electron chi connectivity index (χ1n) is 9.21. The molecule has 0 aromatic carbocycles. The quantitative estimate of drug-likeness (QED) is 0.575. The topological polar surface area (TPSA) is 55.8 Å². The van der Waals surface area contributed by atoms with Gasteiger partial charge in [-0.25, -0.2) is 0 Å². The molecule has 5 atom stereocenters. The fourth-order valence-electron chi connectivity index (χ4n) is 6.10. The standard InChI is InChI=1S/C18H27NO4/c1-2-23-17(21)14-13-6-3-4-7-18(13)8-5-9-19-11-22-10-12(15(14)20)16(18)19/h12-14,16H,2-11H2,1H3/t12-,13-,14-,16+,18-/m1/s1. The Bertz CT molecular complexity index is 501. The van der Waals surface area contributed by atoms with Gasteiger partial charge in [-0.15, -0.1) is 0 Å². The average Bonchev–Trinajstić information content (AvgIpc) is 2.56. The summed E-state index contributed by atoms with van der Waals surface area (Å²) in [5.74, 6) is -0.733. The zero-order valence-corrected chi connectivity index (χ0v) is 14.0. The van der Waals surface area contributed by atoms with Crippen LogP contribution in [0.15, 0.2) is 0 Å². The molecular weight excluding hydrogens is 294 g/mol. The molecular formula is C18H27NO4. The number of esters is 1. The zero-order chi connectivity index (χ0) is 16.0. The highest BCUT2D eigenvalue weighted by Gasteiger charge is 2.64. The van der Waals surface area contributed by atoms with Crippen molar-refractivity contribution in [3.8, 4) is 0 Å². The van der Waals surface area contributed by atoms with Gasteiger partial charge in [-0.2, -0.15) is 0 Å². The minimum atomic E-state index is -0.557. The molecule has 0 unspecified atom stereocenters. The van der Waals surface area contributed by atoms with Gasteiger partial charge < -0.3 is 9.47 Å². The van der Waals surface area contributed by atoms with Gasteiger partial charge in [0.1, 0.15) is 5.92 Å². The molecule has 128 valence electrons. The highest BCUT2D eigenvalue weighted by Crippen LogP contribution is 2.59. The minimum Gasteiger partial charge on any atom is -0.465 e. The van der Waals surface area contributed by atoms with Crippen molar-refractivity contribution in [2.45, 2.75) is 51.5 Å². The van der Waals surface area contributed by atoms with E-state index < -0.39 is 5.92 Å². The molecule has 5 nitrogen and oxygen atoms in total. The Morgan fingerprint density at radius 1 is 1.35 bits per heavy atom. The second-order valence-corrected chi connectivity index (χ2v) is 7.68. The van der Waals surface area contributed by atoms with E-state index in [9.17, 15) is 9.59 Å². The van der Waals surface area contributed by atoms with E-state index >= 15 is 0 Å². The van der Waals surface area contributed by atoms with Crippen LogP contribution in [0.4, 0.5) is 0 Å². The Hall–Kier alpha value is -0.940. The normalized spacial score (nSPS) is 43.4. The average molecular weight is 321 g/mol. The third-order valence-electron chi connectivity index (χ3n) is 6.77. The summed E-state index contributed by atoms with van der Waals surface area (Å²) in [5, 5.41) is 0. The van der Waals surface area contributed by atoms with Crippen LogP contribution in [0.3, 0.4) is 0 Å². The summed E-state index contributed by atoms with van der Waals surface area (Å²) < 4.78 is 11.0. The van der Waals surface area contributed by atoms with Gasteiger partial charge in [-0.05, 0) is 43.9 Å². The third kappa shape index (κ3) is 2.19. The fraction of sp³-hybridized carbons (Fsp3) is 0.889. The molecule has 23 heavy (non-hydrogen) atoms. The van der Waals surface area contributed by atoms with Crippen molar-refractivity contribution in [2.24, 2.45) is 23.2 Å². The molecule has 2 heterocycles. The summed E-state index contributed by atoms with van der Waals surface area (Å²) >= 11 is 0. The predicted octanol–water partition coefficient (Wildman–Crippen LogP) is 1.99. The monoisotopic (exact) mass is 321 g/mol. The van der Waals surface area contributed by atoms with Crippen LogP contribution in [0.2, 0.25) is 0 Å². The molecule has 0 radical (unpaired) electrons. The van der Waals surface area contributed by atoms with Crippen molar-refractivity contribution in [2.75, 3.05) is 26.5 Å². The highest BCUT2D eigenvalue weighted by atomic mass is 16.5. The van der Waals surface area contributed by atoms with E-state index in [4.69, 9.17) is 9.47 Å². The molecule has 2 aliphatic carbocycles. The summed E-state index contributed by atoms with van der Waals surface area (Å²) in [4.78, 5) is 28.1. The van der Waals surface area contributed by atoms with E-state index in [0.717, 1.165) is 38.6 Å². The first-order valence-corrected chi connectivity index (χ1v) is 9.21. The predicted molar refractivity (Wildman–Crippen MR) is 83.6 cm³/mol. The number of carbonyl (C=O) groups is 2. The van der Waals surface area contributed by atoms with Gasteiger partial charge in [0, 0.05) is 12.6 Å². The maximum Gasteiger partial charge on any atom is 0.316 e. The number of hydrogen-bond acceptors (Lipinski definition) is 5. The van der Waals surface area contributed by atoms with Crippen LogP contribution in [0, 0.1) is 23.2 Å². The largest absolute Gasteiger partial charge is 0.465 e. The lowest BCUT2D eigenvalue weighted by atomic mass is 9.48. The molecule has 0 aromatic heterocycles. The molecule has 2 saturated carbocycles. The Morgan fingerprint density at radius 2 is 2.17 bits per heavy atom.